The molecule has 17 heavy (non-hydrogen) atoms. The molecule has 0 bridgehead atoms. The predicted octanol–water partition coefficient (Wildman–Crippen LogP) is 0.393. The first-order valence-electron chi connectivity index (χ1n) is 7.14. The fraction of sp³-hybridized carbons (Fsp3) is 1.00. The van der Waals surface area contributed by atoms with Crippen molar-refractivity contribution in [2.24, 2.45) is 0 Å². The molecule has 2 rings (SSSR count). The molecule has 2 aliphatic rings. The molecular formula is C13H27N3O. The van der Waals surface area contributed by atoms with Crippen molar-refractivity contribution in [3.05, 3.63) is 0 Å². The standard InChI is InChI=1S/C13H27N3O/c1-2-14-13-4-3-5-16(12-13)7-6-15-8-10-17-11-9-15/h13-14H,2-12H2,1H3. The maximum Gasteiger partial charge on any atom is 0.0594 e. The molecule has 0 amide bonds. The van der Waals surface area contributed by atoms with Gasteiger partial charge in [-0.15, -0.1) is 0 Å². The van der Waals surface area contributed by atoms with E-state index < -0.39 is 0 Å². The van der Waals surface area contributed by atoms with E-state index in [0.29, 0.717) is 0 Å². The van der Waals surface area contributed by atoms with Crippen LogP contribution >= 0.6 is 0 Å². The molecule has 4 nitrogen and oxygen atoms in total. The summed E-state index contributed by atoms with van der Waals surface area (Å²) in [7, 11) is 0. The van der Waals surface area contributed by atoms with E-state index in [2.05, 4.69) is 22.0 Å². The van der Waals surface area contributed by atoms with Gasteiger partial charge in [0.15, 0.2) is 0 Å². The van der Waals surface area contributed by atoms with Crippen LogP contribution in [0.1, 0.15) is 19.8 Å². The highest BCUT2D eigenvalue weighted by Crippen LogP contribution is 2.10. The Morgan fingerprint density at radius 2 is 1.88 bits per heavy atom. The Morgan fingerprint density at radius 1 is 1.12 bits per heavy atom. The number of piperidine rings is 1. The number of hydrogen-bond acceptors (Lipinski definition) is 4. The van der Waals surface area contributed by atoms with Gasteiger partial charge in [-0.25, -0.2) is 0 Å². The minimum atomic E-state index is 0.721. The third-order valence-corrected chi connectivity index (χ3v) is 3.83. The van der Waals surface area contributed by atoms with Gasteiger partial charge in [-0.1, -0.05) is 6.92 Å². The summed E-state index contributed by atoms with van der Waals surface area (Å²) in [5.41, 5.74) is 0. The molecule has 0 aliphatic carbocycles. The average molecular weight is 241 g/mol. The molecule has 2 heterocycles. The zero-order valence-electron chi connectivity index (χ0n) is 11.2. The van der Waals surface area contributed by atoms with Gasteiger partial charge in [-0.05, 0) is 25.9 Å². The zero-order valence-corrected chi connectivity index (χ0v) is 11.2. The first-order valence-corrected chi connectivity index (χ1v) is 7.14. The molecule has 0 aromatic rings. The summed E-state index contributed by atoms with van der Waals surface area (Å²) in [6.45, 7) is 12.3. The van der Waals surface area contributed by atoms with Crippen molar-refractivity contribution in [1.82, 2.24) is 15.1 Å². The molecule has 0 aromatic carbocycles. The summed E-state index contributed by atoms with van der Waals surface area (Å²) < 4.78 is 5.38. The molecule has 2 fully saturated rings. The van der Waals surface area contributed by atoms with Gasteiger partial charge in [0, 0.05) is 38.8 Å². The van der Waals surface area contributed by atoms with Crippen LogP contribution in [0.4, 0.5) is 0 Å². The molecule has 0 spiro atoms. The summed E-state index contributed by atoms with van der Waals surface area (Å²) >= 11 is 0. The van der Waals surface area contributed by atoms with Gasteiger partial charge in [0.05, 0.1) is 13.2 Å². The summed E-state index contributed by atoms with van der Waals surface area (Å²) in [6, 6.07) is 0.721. The molecule has 0 saturated carbocycles. The molecule has 0 radical (unpaired) electrons. The molecule has 1 unspecified atom stereocenters. The van der Waals surface area contributed by atoms with E-state index in [1.807, 2.05) is 0 Å². The largest absolute Gasteiger partial charge is 0.379 e. The van der Waals surface area contributed by atoms with Gasteiger partial charge >= 0.3 is 0 Å². The Hall–Kier alpha value is -0.160. The van der Waals surface area contributed by atoms with Crippen LogP contribution in [0.25, 0.3) is 0 Å². The molecule has 0 aromatic heterocycles. The Morgan fingerprint density at radius 3 is 2.65 bits per heavy atom. The van der Waals surface area contributed by atoms with Crippen LogP contribution in [0.15, 0.2) is 0 Å². The van der Waals surface area contributed by atoms with Crippen LogP contribution in [0.3, 0.4) is 0 Å². The van der Waals surface area contributed by atoms with Gasteiger partial charge in [0.2, 0.25) is 0 Å². The van der Waals surface area contributed by atoms with Crippen molar-refractivity contribution in [1.29, 1.82) is 0 Å². The quantitative estimate of drug-likeness (QED) is 0.754. The van der Waals surface area contributed by atoms with Crippen LogP contribution in [0.2, 0.25) is 0 Å². The van der Waals surface area contributed by atoms with E-state index in [-0.39, 0.29) is 0 Å². The van der Waals surface area contributed by atoms with Crippen molar-refractivity contribution in [3.8, 4) is 0 Å². The second kappa shape index (κ2) is 7.31. The van der Waals surface area contributed by atoms with Crippen LogP contribution in [0.5, 0.6) is 0 Å². The van der Waals surface area contributed by atoms with Crippen molar-refractivity contribution in [3.63, 3.8) is 0 Å². The highest BCUT2D eigenvalue weighted by Gasteiger charge is 2.19. The number of rotatable bonds is 5. The van der Waals surface area contributed by atoms with Crippen molar-refractivity contribution in [2.75, 3.05) is 59.0 Å². The number of hydrogen-bond donors (Lipinski definition) is 1. The fourth-order valence-corrected chi connectivity index (χ4v) is 2.82. The van der Waals surface area contributed by atoms with Crippen molar-refractivity contribution in [2.45, 2.75) is 25.8 Å². The lowest BCUT2D eigenvalue weighted by Gasteiger charge is -2.35. The minimum absolute atomic E-state index is 0.721. The summed E-state index contributed by atoms with van der Waals surface area (Å²) in [6.07, 6.45) is 2.70. The number of ether oxygens (including phenoxy) is 1. The second-order valence-electron chi connectivity index (χ2n) is 5.15. The van der Waals surface area contributed by atoms with Gasteiger partial charge in [0.1, 0.15) is 0 Å². The molecular weight excluding hydrogens is 214 g/mol. The first kappa shape index (κ1) is 13.3. The Balaban J connectivity index is 1.64. The Kier molecular flexibility index (Phi) is 5.71. The summed E-state index contributed by atoms with van der Waals surface area (Å²) in [5.74, 6) is 0. The SMILES string of the molecule is CCNC1CCCN(CCN2CCOCC2)C1. The van der Waals surface area contributed by atoms with Gasteiger partial charge in [-0.3, -0.25) is 4.90 Å². The minimum Gasteiger partial charge on any atom is -0.379 e. The highest BCUT2D eigenvalue weighted by molar-refractivity contribution is 4.78. The number of morpholine rings is 1. The smallest absolute Gasteiger partial charge is 0.0594 e. The van der Waals surface area contributed by atoms with Gasteiger partial charge in [-0.2, -0.15) is 0 Å². The van der Waals surface area contributed by atoms with Crippen LogP contribution < -0.4 is 5.32 Å². The van der Waals surface area contributed by atoms with Crippen LogP contribution in [0, 0.1) is 0 Å². The number of likely N-dealkylation sites (tertiary alicyclic amines) is 1. The van der Waals surface area contributed by atoms with E-state index in [0.717, 1.165) is 38.9 Å². The second-order valence-corrected chi connectivity index (χ2v) is 5.15. The molecule has 100 valence electrons. The lowest BCUT2D eigenvalue weighted by Crippen LogP contribution is -2.48. The zero-order chi connectivity index (χ0) is 11.9. The molecule has 1 N–H and O–H groups in total. The van der Waals surface area contributed by atoms with Gasteiger partial charge < -0.3 is 15.0 Å². The predicted molar refractivity (Wildman–Crippen MR) is 70.4 cm³/mol. The Labute approximate surface area is 105 Å². The number of nitrogens with zero attached hydrogens (tertiary/aromatic N) is 2. The van der Waals surface area contributed by atoms with Gasteiger partial charge in [0.25, 0.3) is 0 Å². The maximum atomic E-state index is 5.38. The normalized spacial score (nSPS) is 28.4. The Bertz CT molecular complexity index is 205. The van der Waals surface area contributed by atoms with Crippen molar-refractivity contribution >= 4 is 0 Å². The van der Waals surface area contributed by atoms with E-state index in [1.165, 1.54) is 39.0 Å². The lowest BCUT2D eigenvalue weighted by molar-refractivity contribution is 0.0316. The monoisotopic (exact) mass is 241 g/mol. The topological polar surface area (TPSA) is 27.7 Å². The first-order chi connectivity index (χ1) is 8.38. The van der Waals surface area contributed by atoms with Crippen LogP contribution in [-0.4, -0.2) is 74.9 Å². The number of likely N-dealkylation sites (N-methyl/N-ethyl adjacent to an activating group) is 1. The van der Waals surface area contributed by atoms with Crippen LogP contribution in [-0.2, 0) is 4.74 Å². The fourth-order valence-electron chi connectivity index (χ4n) is 2.82. The third kappa shape index (κ3) is 4.54. The lowest BCUT2D eigenvalue weighted by atomic mass is 10.1. The molecule has 1 atom stereocenters. The molecule has 4 heteroatoms. The highest BCUT2D eigenvalue weighted by atomic mass is 16.5. The van der Waals surface area contributed by atoms with E-state index >= 15 is 0 Å². The third-order valence-electron chi connectivity index (χ3n) is 3.83. The van der Waals surface area contributed by atoms with E-state index in [4.69, 9.17) is 4.74 Å². The molecule has 2 aliphatic heterocycles. The summed E-state index contributed by atoms with van der Waals surface area (Å²) in [5, 5.41) is 3.58. The molecule has 2 saturated heterocycles. The van der Waals surface area contributed by atoms with E-state index in [1.54, 1.807) is 0 Å². The number of nitrogens with one attached hydrogen (secondary N) is 1. The maximum absolute atomic E-state index is 5.38. The average Bonchev–Trinajstić information content (AvgIpc) is 2.39. The van der Waals surface area contributed by atoms with Crippen molar-refractivity contribution < 1.29 is 4.74 Å². The van der Waals surface area contributed by atoms with E-state index in [9.17, 15) is 0 Å². The summed E-state index contributed by atoms with van der Waals surface area (Å²) in [4.78, 5) is 5.15.